The fourth-order valence-corrected chi connectivity index (χ4v) is 0.564. The number of hydrogen-bond acceptors (Lipinski definition) is 4. The van der Waals surface area contributed by atoms with Crippen LogP contribution >= 0.6 is 12.4 Å². The third kappa shape index (κ3) is 9.52. The maximum atomic E-state index is 10.5. The van der Waals surface area contributed by atoms with Gasteiger partial charge in [0.05, 0.1) is 13.2 Å². The molecule has 0 saturated heterocycles. The largest absolute Gasteiger partial charge is 0.508 e. The molecule has 5 heteroatoms. The molecule has 0 heterocycles. The summed E-state index contributed by atoms with van der Waals surface area (Å²) in [5.74, 6) is 0. The minimum Gasteiger partial charge on any atom is -0.435 e. The lowest BCUT2D eigenvalue weighted by Crippen LogP contribution is -2.13. The van der Waals surface area contributed by atoms with Crippen LogP contribution in [0.4, 0.5) is 4.79 Å². The van der Waals surface area contributed by atoms with Gasteiger partial charge in [-0.1, -0.05) is 0 Å². The second kappa shape index (κ2) is 10.5. The normalized spacial score (nSPS) is 8.50. The molecule has 0 aliphatic carbocycles. The zero-order chi connectivity index (χ0) is 8.53. The molecule has 0 atom stereocenters. The zero-order valence-electron chi connectivity index (χ0n) is 7.46. The fourth-order valence-electron chi connectivity index (χ4n) is 0.564. The van der Waals surface area contributed by atoms with E-state index in [-0.39, 0.29) is 12.4 Å². The van der Waals surface area contributed by atoms with Gasteiger partial charge in [0.2, 0.25) is 0 Å². The minimum atomic E-state index is -0.580. The second-order valence-corrected chi connectivity index (χ2v) is 1.99. The predicted octanol–water partition coefficient (Wildman–Crippen LogP) is 1.19. The van der Waals surface area contributed by atoms with Gasteiger partial charge in [0, 0.05) is 0 Å². The average Bonchev–Trinajstić information content (AvgIpc) is 1.99. The summed E-state index contributed by atoms with van der Waals surface area (Å²) in [6.45, 7) is 3.37. The van der Waals surface area contributed by atoms with Crippen LogP contribution in [0.15, 0.2) is 0 Å². The van der Waals surface area contributed by atoms with Gasteiger partial charge in [-0.3, -0.25) is 0 Å². The number of hydrogen-bond donors (Lipinski definition) is 1. The summed E-state index contributed by atoms with van der Waals surface area (Å²) in [6.07, 6.45) is 0.235. The minimum absolute atomic E-state index is 0. The molecule has 0 rings (SSSR count). The molecule has 0 amide bonds. The topological polar surface area (TPSA) is 47.6 Å². The van der Waals surface area contributed by atoms with Crippen molar-refractivity contribution >= 4 is 18.6 Å². The third-order valence-corrected chi connectivity index (χ3v) is 1.05. The quantitative estimate of drug-likeness (QED) is 0.532. The Hall–Kier alpha value is -0.480. The Labute approximate surface area is 79.0 Å². The Kier molecular flexibility index (Phi) is 12.3. The first-order valence-electron chi connectivity index (χ1n) is 3.75. The summed E-state index contributed by atoms with van der Waals surface area (Å²) in [4.78, 5) is 10.5. The van der Waals surface area contributed by atoms with E-state index in [4.69, 9.17) is 0 Å². The number of halogens is 1. The van der Waals surface area contributed by atoms with Crippen molar-refractivity contribution in [1.82, 2.24) is 5.32 Å². The smallest absolute Gasteiger partial charge is 0.435 e. The Morgan fingerprint density at radius 2 is 2.08 bits per heavy atom. The average molecular weight is 198 g/mol. The number of carbonyl (C=O) groups excluding carboxylic acids is 1. The molecule has 74 valence electrons. The molecule has 0 bridgehead atoms. The Bertz CT molecular complexity index is 111. The molecule has 0 saturated carbocycles. The van der Waals surface area contributed by atoms with Crippen molar-refractivity contribution in [3.05, 3.63) is 0 Å². The Balaban J connectivity index is 0. The summed E-state index contributed by atoms with van der Waals surface area (Å²) < 4.78 is 9.22. The Morgan fingerprint density at radius 1 is 1.42 bits per heavy atom. The van der Waals surface area contributed by atoms with Gasteiger partial charge in [-0.05, 0) is 26.9 Å². The van der Waals surface area contributed by atoms with Gasteiger partial charge in [-0.2, -0.15) is 0 Å². The number of nitrogens with one attached hydrogen (secondary N) is 1. The number of carbonyl (C=O) groups is 1. The lowest BCUT2D eigenvalue weighted by molar-refractivity contribution is 0.0584. The summed E-state index contributed by atoms with van der Waals surface area (Å²) in [7, 11) is 1.85. The van der Waals surface area contributed by atoms with Crippen LogP contribution in [0, 0.1) is 0 Å². The molecule has 0 unspecified atom stereocenters. The zero-order valence-corrected chi connectivity index (χ0v) is 8.28. The molecular formula is C7H16ClNO3. The monoisotopic (exact) mass is 197 g/mol. The van der Waals surface area contributed by atoms with Crippen LogP contribution in [-0.2, 0) is 9.47 Å². The first-order chi connectivity index (χ1) is 5.31. The summed E-state index contributed by atoms with van der Waals surface area (Å²) >= 11 is 0. The van der Waals surface area contributed by atoms with E-state index in [1.54, 1.807) is 6.92 Å². The highest BCUT2D eigenvalue weighted by molar-refractivity contribution is 5.85. The van der Waals surface area contributed by atoms with Crippen molar-refractivity contribution in [3.8, 4) is 0 Å². The molecule has 0 aromatic heterocycles. The van der Waals surface area contributed by atoms with Crippen LogP contribution in [0.1, 0.15) is 13.3 Å². The van der Waals surface area contributed by atoms with Crippen molar-refractivity contribution in [2.75, 3.05) is 26.8 Å². The highest BCUT2D eigenvalue weighted by Crippen LogP contribution is 1.86. The second-order valence-electron chi connectivity index (χ2n) is 1.99. The fraction of sp³-hybridized carbons (Fsp3) is 0.857. The van der Waals surface area contributed by atoms with Crippen molar-refractivity contribution in [3.63, 3.8) is 0 Å². The molecule has 0 aromatic rings. The number of rotatable bonds is 5. The van der Waals surface area contributed by atoms with Crippen LogP contribution in [-0.4, -0.2) is 33.0 Å². The van der Waals surface area contributed by atoms with E-state index < -0.39 is 6.16 Å². The molecular weight excluding hydrogens is 182 g/mol. The van der Waals surface area contributed by atoms with Gasteiger partial charge in [-0.25, -0.2) is 4.79 Å². The van der Waals surface area contributed by atoms with E-state index in [2.05, 4.69) is 14.8 Å². The van der Waals surface area contributed by atoms with Crippen LogP contribution in [0.5, 0.6) is 0 Å². The summed E-state index contributed by atoms with van der Waals surface area (Å²) in [6, 6.07) is 0. The van der Waals surface area contributed by atoms with E-state index in [9.17, 15) is 4.79 Å². The van der Waals surface area contributed by atoms with Gasteiger partial charge < -0.3 is 14.8 Å². The maximum Gasteiger partial charge on any atom is 0.508 e. The Morgan fingerprint density at radius 3 is 2.58 bits per heavy atom. The van der Waals surface area contributed by atoms with E-state index in [0.29, 0.717) is 13.2 Å². The third-order valence-electron chi connectivity index (χ3n) is 1.05. The molecule has 0 radical (unpaired) electrons. The molecule has 1 N–H and O–H groups in total. The van der Waals surface area contributed by atoms with Crippen molar-refractivity contribution in [2.45, 2.75) is 13.3 Å². The van der Waals surface area contributed by atoms with Gasteiger partial charge in [0.1, 0.15) is 0 Å². The SMILES string of the molecule is CCOC(=O)OCCCNC.Cl. The lowest BCUT2D eigenvalue weighted by Gasteiger charge is -2.03. The molecule has 0 spiro atoms. The lowest BCUT2D eigenvalue weighted by atomic mass is 10.5. The van der Waals surface area contributed by atoms with Crippen LogP contribution < -0.4 is 5.32 Å². The van der Waals surface area contributed by atoms with Gasteiger partial charge in [0.25, 0.3) is 0 Å². The van der Waals surface area contributed by atoms with Crippen molar-refractivity contribution in [1.29, 1.82) is 0 Å². The molecule has 4 nitrogen and oxygen atoms in total. The predicted molar refractivity (Wildman–Crippen MR) is 48.8 cm³/mol. The standard InChI is InChI=1S/C7H15NO3.ClH/c1-3-10-7(9)11-6-4-5-8-2;/h8H,3-6H2,1-2H3;1H. The van der Waals surface area contributed by atoms with Crippen LogP contribution in [0.3, 0.4) is 0 Å². The van der Waals surface area contributed by atoms with Crippen LogP contribution in [0.2, 0.25) is 0 Å². The van der Waals surface area contributed by atoms with E-state index in [1.165, 1.54) is 0 Å². The molecule has 0 aliphatic rings. The highest BCUT2D eigenvalue weighted by atomic mass is 35.5. The highest BCUT2D eigenvalue weighted by Gasteiger charge is 1.99. The van der Waals surface area contributed by atoms with Crippen molar-refractivity contribution in [2.24, 2.45) is 0 Å². The summed E-state index contributed by atoms with van der Waals surface area (Å²) in [5.41, 5.74) is 0. The first kappa shape index (κ1) is 14.1. The van der Waals surface area contributed by atoms with Crippen molar-refractivity contribution < 1.29 is 14.3 Å². The van der Waals surface area contributed by atoms with Crippen LogP contribution in [0.25, 0.3) is 0 Å². The first-order valence-corrected chi connectivity index (χ1v) is 3.75. The number of ether oxygens (including phenoxy) is 2. The molecule has 12 heavy (non-hydrogen) atoms. The van der Waals surface area contributed by atoms with E-state index in [0.717, 1.165) is 13.0 Å². The maximum absolute atomic E-state index is 10.5. The summed E-state index contributed by atoms with van der Waals surface area (Å²) in [5, 5.41) is 2.94. The molecule has 0 fully saturated rings. The van der Waals surface area contributed by atoms with E-state index in [1.807, 2.05) is 7.05 Å². The van der Waals surface area contributed by atoms with Gasteiger partial charge in [-0.15, -0.1) is 12.4 Å². The van der Waals surface area contributed by atoms with Gasteiger partial charge in [0.15, 0.2) is 0 Å². The molecule has 0 aliphatic heterocycles. The van der Waals surface area contributed by atoms with Gasteiger partial charge >= 0.3 is 6.16 Å². The van der Waals surface area contributed by atoms with E-state index >= 15 is 0 Å². The molecule has 0 aromatic carbocycles.